The molecule has 6 heteroatoms. The van der Waals surface area contributed by atoms with E-state index in [1.54, 1.807) is 24.3 Å². The maximum absolute atomic E-state index is 11.3. The van der Waals surface area contributed by atoms with Gasteiger partial charge in [-0.1, -0.05) is 35.6 Å². The van der Waals surface area contributed by atoms with Gasteiger partial charge in [-0.25, -0.2) is 0 Å². The Hall–Kier alpha value is -1.92. The second-order valence-corrected chi connectivity index (χ2v) is 3.12. The molecule has 0 spiro atoms. The van der Waals surface area contributed by atoms with E-state index in [2.05, 4.69) is 5.32 Å². The molecule has 2 amide bonds. The van der Waals surface area contributed by atoms with Crippen LogP contribution in [-0.2, 0) is 16.0 Å². The molecule has 1 aromatic carbocycles. The average Bonchev–Trinajstić information content (AvgIpc) is 2.27. The summed E-state index contributed by atoms with van der Waals surface area (Å²) < 4.78 is 0. The molecule has 0 unspecified atom stereocenters. The maximum atomic E-state index is 11.3. The molecule has 0 heterocycles. The van der Waals surface area contributed by atoms with Gasteiger partial charge in [-0.15, -0.1) is 0 Å². The Kier molecular flexibility index (Phi) is 4.43. The summed E-state index contributed by atoms with van der Waals surface area (Å²) in [4.78, 5) is 22.0. The van der Waals surface area contributed by atoms with Gasteiger partial charge in [0.2, 0.25) is 5.91 Å². The molecule has 0 saturated carbocycles. The molecular weight excluding hydrogens is 212 g/mol. The van der Waals surface area contributed by atoms with E-state index in [9.17, 15) is 9.59 Å². The highest BCUT2D eigenvalue weighted by molar-refractivity contribution is 5.84. The third-order valence-corrected chi connectivity index (χ3v) is 1.87. The monoisotopic (exact) mass is 224 g/mol. The molecule has 86 valence electrons. The van der Waals surface area contributed by atoms with E-state index in [0.717, 1.165) is 5.56 Å². The summed E-state index contributed by atoms with van der Waals surface area (Å²) >= 11 is 0. The summed E-state index contributed by atoms with van der Waals surface area (Å²) in [6.45, 7) is -0.446. The number of nitrogens with zero attached hydrogens (tertiary/aromatic N) is 1. The Bertz CT molecular complexity index is 364. The molecule has 0 saturated heterocycles. The van der Waals surface area contributed by atoms with Gasteiger partial charge < -0.3 is 5.32 Å². The molecule has 0 radical (unpaired) electrons. The fraction of sp³-hybridized carbons (Fsp3) is 0.200. The minimum atomic E-state index is -0.999. The number of nitrogens with one attached hydrogen (secondary N) is 1. The van der Waals surface area contributed by atoms with Crippen molar-refractivity contribution in [2.45, 2.75) is 6.42 Å². The number of carbonyl (C=O) groups is 2. The molecule has 16 heavy (non-hydrogen) atoms. The Morgan fingerprint density at radius 1 is 1.19 bits per heavy atom. The molecule has 0 atom stereocenters. The number of amides is 2. The second-order valence-electron chi connectivity index (χ2n) is 3.12. The summed E-state index contributed by atoms with van der Waals surface area (Å²) in [7, 11) is 0. The first kappa shape index (κ1) is 12.2. The lowest BCUT2D eigenvalue weighted by Crippen LogP contribution is -2.37. The Morgan fingerprint density at radius 2 is 1.81 bits per heavy atom. The van der Waals surface area contributed by atoms with Crippen LogP contribution >= 0.6 is 0 Å². The number of benzene rings is 1. The van der Waals surface area contributed by atoms with Crippen molar-refractivity contribution in [3.05, 3.63) is 35.9 Å². The smallest absolute Gasteiger partial charge is 0.292 e. The van der Waals surface area contributed by atoms with E-state index in [1.165, 1.54) is 0 Å². The van der Waals surface area contributed by atoms with E-state index >= 15 is 0 Å². The van der Waals surface area contributed by atoms with Gasteiger partial charge in [0, 0.05) is 0 Å². The molecule has 0 fully saturated rings. The van der Waals surface area contributed by atoms with Gasteiger partial charge in [0.25, 0.3) is 5.91 Å². The molecular formula is C10H12N2O4. The first-order chi connectivity index (χ1) is 7.59. The lowest BCUT2D eigenvalue weighted by Gasteiger charge is -2.07. The van der Waals surface area contributed by atoms with E-state index in [1.807, 2.05) is 6.07 Å². The fourth-order valence-corrected chi connectivity index (χ4v) is 1.09. The normalized spacial score (nSPS) is 9.62. The van der Waals surface area contributed by atoms with Crippen LogP contribution in [0, 0.1) is 0 Å². The van der Waals surface area contributed by atoms with Gasteiger partial charge in [-0.3, -0.25) is 20.0 Å². The summed E-state index contributed by atoms with van der Waals surface area (Å²) in [5.74, 6) is -1.36. The van der Waals surface area contributed by atoms with Crippen LogP contribution in [0.5, 0.6) is 0 Å². The molecule has 0 aromatic heterocycles. The maximum Gasteiger partial charge on any atom is 0.292 e. The standard InChI is InChI=1S/C10H12N2O4/c13-9(11-7-10(14)12(15)16)6-8-4-2-1-3-5-8/h1-5,15-16H,6-7H2,(H,11,13). The summed E-state index contributed by atoms with van der Waals surface area (Å²) in [5, 5.41) is 18.3. The molecule has 3 N–H and O–H groups in total. The SMILES string of the molecule is O=C(Cc1ccccc1)NCC(=O)N(O)O. The van der Waals surface area contributed by atoms with Crippen molar-refractivity contribution < 1.29 is 20.0 Å². The molecule has 0 aliphatic rings. The van der Waals surface area contributed by atoms with Crippen molar-refractivity contribution in [1.82, 2.24) is 10.5 Å². The average molecular weight is 224 g/mol. The summed E-state index contributed by atoms with van der Waals surface area (Å²) in [6, 6.07) is 9.01. The summed E-state index contributed by atoms with van der Waals surface area (Å²) in [5.41, 5.74) is 0.817. The van der Waals surface area contributed by atoms with Crippen molar-refractivity contribution in [2.24, 2.45) is 0 Å². The highest BCUT2D eigenvalue weighted by Gasteiger charge is 2.09. The van der Waals surface area contributed by atoms with E-state index in [0.29, 0.717) is 0 Å². The van der Waals surface area contributed by atoms with E-state index < -0.39 is 17.7 Å². The van der Waals surface area contributed by atoms with Crippen LogP contribution < -0.4 is 5.32 Å². The third-order valence-electron chi connectivity index (χ3n) is 1.87. The van der Waals surface area contributed by atoms with Gasteiger partial charge in [0.15, 0.2) is 0 Å². The van der Waals surface area contributed by atoms with E-state index in [-0.39, 0.29) is 12.3 Å². The molecule has 0 bridgehead atoms. The highest BCUT2D eigenvalue weighted by atomic mass is 16.8. The molecule has 1 aromatic rings. The fourth-order valence-electron chi connectivity index (χ4n) is 1.09. The molecule has 1 rings (SSSR count). The van der Waals surface area contributed by atoms with Crippen LogP contribution in [0.15, 0.2) is 30.3 Å². The number of carbonyl (C=O) groups excluding carboxylic acids is 2. The van der Waals surface area contributed by atoms with Crippen molar-refractivity contribution in [2.75, 3.05) is 6.54 Å². The lowest BCUT2D eigenvalue weighted by atomic mass is 10.1. The number of rotatable bonds is 4. The van der Waals surface area contributed by atoms with Gasteiger partial charge >= 0.3 is 0 Å². The second kappa shape index (κ2) is 5.84. The quantitative estimate of drug-likeness (QED) is 0.494. The Labute approximate surface area is 92.0 Å². The Morgan fingerprint density at radius 3 is 2.38 bits per heavy atom. The van der Waals surface area contributed by atoms with Crippen LogP contribution in [0.2, 0.25) is 0 Å². The van der Waals surface area contributed by atoms with Crippen LogP contribution in [0.4, 0.5) is 0 Å². The molecule has 0 aliphatic heterocycles. The van der Waals surface area contributed by atoms with Gasteiger partial charge in [-0.05, 0) is 5.56 Å². The predicted octanol–water partition coefficient (Wildman–Crippen LogP) is -0.0477. The summed E-state index contributed by atoms with van der Waals surface area (Å²) in [6.07, 6.45) is 0.144. The minimum Gasteiger partial charge on any atom is -0.347 e. The van der Waals surface area contributed by atoms with Crippen LogP contribution in [0.3, 0.4) is 0 Å². The zero-order valence-electron chi connectivity index (χ0n) is 8.46. The zero-order chi connectivity index (χ0) is 12.0. The van der Waals surface area contributed by atoms with E-state index in [4.69, 9.17) is 10.4 Å². The predicted molar refractivity (Wildman–Crippen MR) is 53.6 cm³/mol. The first-order valence-electron chi connectivity index (χ1n) is 4.61. The van der Waals surface area contributed by atoms with Crippen LogP contribution in [0.25, 0.3) is 0 Å². The lowest BCUT2D eigenvalue weighted by molar-refractivity contribution is -0.284. The van der Waals surface area contributed by atoms with Crippen molar-refractivity contribution in [3.63, 3.8) is 0 Å². The van der Waals surface area contributed by atoms with Crippen LogP contribution in [-0.4, -0.2) is 34.0 Å². The molecule has 6 nitrogen and oxygen atoms in total. The molecule has 0 aliphatic carbocycles. The zero-order valence-corrected chi connectivity index (χ0v) is 8.46. The first-order valence-corrected chi connectivity index (χ1v) is 4.61. The Balaban J connectivity index is 2.35. The topological polar surface area (TPSA) is 89.9 Å². The largest absolute Gasteiger partial charge is 0.347 e. The minimum absolute atomic E-state index is 0.144. The van der Waals surface area contributed by atoms with Crippen molar-refractivity contribution >= 4 is 11.8 Å². The number of hydroxylamine groups is 2. The van der Waals surface area contributed by atoms with Gasteiger partial charge in [-0.2, -0.15) is 0 Å². The van der Waals surface area contributed by atoms with Crippen molar-refractivity contribution in [1.29, 1.82) is 0 Å². The number of hydrogen-bond acceptors (Lipinski definition) is 4. The van der Waals surface area contributed by atoms with Gasteiger partial charge in [0.05, 0.1) is 6.42 Å². The highest BCUT2D eigenvalue weighted by Crippen LogP contribution is 1.98. The van der Waals surface area contributed by atoms with Gasteiger partial charge in [0.1, 0.15) is 6.54 Å². The van der Waals surface area contributed by atoms with Crippen molar-refractivity contribution in [3.8, 4) is 0 Å². The van der Waals surface area contributed by atoms with Crippen LogP contribution in [0.1, 0.15) is 5.56 Å². The third kappa shape index (κ3) is 4.07. The number of hydrogen-bond donors (Lipinski definition) is 3.